The minimum absolute atomic E-state index is 0.560. The summed E-state index contributed by atoms with van der Waals surface area (Å²) in [5.74, 6) is 2.38. The van der Waals surface area contributed by atoms with Crippen molar-refractivity contribution in [2.75, 3.05) is 0 Å². The van der Waals surface area contributed by atoms with Gasteiger partial charge in [0.25, 0.3) is 0 Å². The molecule has 9 heavy (non-hydrogen) atoms. The lowest BCUT2D eigenvalue weighted by atomic mass is 10.5. The van der Waals surface area contributed by atoms with Crippen LogP contribution in [0.25, 0.3) is 0 Å². The van der Waals surface area contributed by atoms with E-state index in [0.29, 0.717) is 5.70 Å². The summed E-state index contributed by atoms with van der Waals surface area (Å²) in [6, 6.07) is 0. The van der Waals surface area contributed by atoms with Crippen molar-refractivity contribution in [2.24, 2.45) is 4.99 Å². The number of rotatable bonds is 1. The van der Waals surface area contributed by atoms with E-state index >= 15 is 0 Å². The number of hydrogen-bond acceptors (Lipinski definition) is 2. The van der Waals surface area contributed by atoms with Crippen LogP contribution in [0.2, 0.25) is 0 Å². The Balaban J connectivity index is 4.24. The summed E-state index contributed by atoms with van der Waals surface area (Å²) < 4.78 is 0.908. The smallest absolute Gasteiger partial charge is 0.119 e. The van der Waals surface area contributed by atoms with E-state index in [1.165, 1.54) is 5.41 Å². The Kier molecular flexibility index (Phi) is 4.91. The zero-order valence-electron chi connectivity index (χ0n) is 4.93. The minimum Gasteiger partial charge on any atom is -0.238 e. The number of nitrogens with zero attached hydrogens (tertiary/aromatic N) is 1. The summed E-state index contributed by atoms with van der Waals surface area (Å²) in [4.78, 5) is 3.97. The normalized spacial score (nSPS) is 13.1. The van der Waals surface area contributed by atoms with E-state index < -0.39 is 0 Å². The second-order valence-corrected chi connectivity index (χ2v) is 3.09. The molecule has 0 fully saturated rings. The fourth-order valence-corrected chi connectivity index (χ4v) is 0.657. The van der Waals surface area contributed by atoms with Crippen LogP contribution >= 0.6 is 35.2 Å². The highest BCUT2D eigenvalue weighted by Crippen LogP contribution is 2.00. The van der Waals surface area contributed by atoms with Crippen molar-refractivity contribution in [1.82, 2.24) is 0 Å². The van der Waals surface area contributed by atoms with Gasteiger partial charge in [-0.3, -0.25) is 0 Å². The molecule has 0 saturated carbocycles. The van der Waals surface area contributed by atoms with Crippen molar-refractivity contribution < 1.29 is 0 Å². The second kappa shape index (κ2) is 4.89. The molecule has 0 aromatic rings. The van der Waals surface area contributed by atoms with E-state index in [4.69, 9.17) is 6.42 Å². The molecular weight excluding hydrogens is 245 g/mol. The highest BCUT2D eigenvalue weighted by Gasteiger charge is 1.84. The topological polar surface area (TPSA) is 12.4 Å². The highest BCUT2D eigenvalue weighted by molar-refractivity contribution is 14.1. The monoisotopic (exact) mass is 251 g/mol. The average molecular weight is 251 g/mol. The molecule has 3 heteroatoms. The molecule has 0 N–H and O–H groups in total. The molecule has 0 saturated heterocycles. The summed E-state index contributed by atoms with van der Waals surface area (Å²) in [5, 5.41) is 1.50. The average Bonchev–Trinajstić information content (AvgIpc) is 1.82. The van der Waals surface area contributed by atoms with Gasteiger partial charge in [-0.15, -0.1) is 19.1 Å². The van der Waals surface area contributed by atoms with Crippen molar-refractivity contribution >= 4 is 38.9 Å². The fourth-order valence-electron chi connectivity index (χ4n) is 0.264. The molecule has 0 spiro atoms. The Bertz CT molecular complexity index is 184. The summed E-state index contributed by atoms with van der Waals surface area (Å²) in [5.41, 5.74) is 0.560. The predicted octanol–water partition coefficient (Wildman–Crippen LogP) is 2.24. The highest BCUT2D eigenvalue weighted by atomic mass is 127. The molecule has 0 aromatic carbocycles. The van der Waals surface area contributed by atoms with Gasteiger partial charge in [0, 0.05) is 5.41 Å². The Morgan fingerprint density at radius 1 is 1.89 bits per heavy atom. The van der Waals surface area contributed by atoms with Gasteiger partial charge in [0.2, 0.25) is 0 Å². The minimum atomic E-state index is 0.560. The first-order valence-electron chi connectivity index (χ1n) is 2.22. The van der Waals surface area contributed by atoms with Crippen molar-refractivity contribution in [3.63, 3.8) is 0 Å². The van der Waals surface area contributed by atoms with Gasteiger partial charge < -0.3 is 0 Å². The molecule has 0 amide bonds. The lowest BCUT2D eigenvalue weighted by molar-refractivity contribution is 1.48. The van der Waals surface area contributed by atoms with Gasteiger partial charge in [-0.05, 0) is 35.4 Å². The first-order chi connectivity index (χ1) is 4.20. The van der Waals surface area contributed by atoms with Gasteiger partial charge in [-0.25, -0.2) is 4.99 Å². The number of aliphatic imine (C=N–C) groups is 1. The van der Waals surface area contributed by atoms with Crippen LogP contribution in [-0.4, -0.2) is 3.72 Å². The Hall–Kier alpha value is 0.0500. The van der Waals surface area contributed by atoms with Crippen LogP contribution < -0.4 is 0 Å². The van der Waals surface area contributed by atoms with Crippen molar-refractivity contribution in [2.45, 2.75) is 6.92 Å². The fraction of sp³-hybridized carbons (Fsp3) is 0.167. The molecule has 0 heterocycles. The molecule has 0 rings (SSSR count). The summed E-state index contributed by atoms with van der Waals surface area (Å²) >= 11 is 5.94. The van der Waals surface area contributed by atoms with Crippen LogP contribution in [0.15, 0.2) is 16.1 Å². The number of allylic oxidation sites excluding steroid dienone is 1. The van der Waals surface area contributed by atoms with Gasteiger partial charge in [0.05, 0.1) is 3.72 Å². The standard InChI is InChI=1S/C6H6INS/c1-3-6(4-9)8-5(2)7/h1,4,9H,2H3/b6-4-,8-5?. The third-order valence-corrected chi connectivity index (χ3v) is 1.03. The SMILES string of the molecule is C#C/C(=C/S)N=C(C)I. The van der Waals surface area contributed by atoms with E-state index in [9.17, 15) is 0 Å². The summed E-state index contributed by atoms with van der Waals surface area (Å²) in [7, 11) is 0. The van der Waals surface area contributed by atoms with Crippen LogP contribution in [0.5, 0.6) is 0 Å². The largest absolute Gasteiger partial charge is 0.238 e. The van der Waals surface area contributed by atoms with Gasteiger partial charge in [0.1, 0.15) is 5.70 Å². The molecule has 1 nitrogen and oxygen atoms in total. The number of halogens is 1. The van der Waals surface area contributed by atoms with Crippen LogP contribution in [-0.2, 0) is 0 Å². The first kappa shape index (κ1) is 9.05. The van der Waals surface area contributed by atoms with Crippen molar-refractivity contribution in [3.05, 3.63) is 11.1 Å². The molecule has 48 valence electrons. The zero-order valence-corrected chi connectivity index (χ0v) is 7.98. The van der Waals surface area contributed by atoms with Crippen molar-refractivity contribution in [3.8, 4) is 12.3 Å². The van der Waals surface area contributed by atoms with Gasteiger partial charge in [-0.2, -0.15) is 0 Å². The Morgan fingerprint density at radius 2 is 2.44 bits per heavy atom. The molecule has 0 aliphatic carbocycles. The molecule has 0 aliphatic heterocycles. The predicted molar refractivity (Wildman–Crippen MR) is 53.0 cm³/mol. The maximum Gasteiger partial charge on any atom is 0.119 e. The van der Waals surface area contributed by atoms with E-state index in [1.807, 2.05) is 6.92 Å². The van der Waals surface area contributed by atoms with E-state index in [0.717, 1.165) is 3.72 Å². The van der Waals surface area contributed by atoms with E-state index in [-0.39, 0.29) is 0 Å². The lowest BCUT2D eigenvalue weighted by Crippen LogP contribution is -1.75. The Morgan fingerprint density at radius 3 is 2.56 bits per heavy atom. The van der Waals surface area contributed by atoms with Crippen LogP contribution in [0.3, 0.4) is 0 Å². The maximum absolute atomic E-state index is 5.05. The van der Waals surface area contributed by atoms with Gasteiger partial charge in [-0.1, -0.05) is 0 Å². The van der Waals surface area contributed by atoms with Gasteiger partial charge in [0.15, 0.2) is 0 Å². The maximum atomic E-state index is 5.05. The van der Waals surface area contributed by atoms with E-state index in [1.54, 1.807) is 0 Å². The second-order valence-electron chi connectivity index (χ2n) is 1.27. The summed E-state index contributed by atoms with van der Waals surface area (Å²) in [6.45, 7) is 1.87. The van der Waals surface area contributed by atoms with Crippen molar-refractivity contribution in [1.29, 1.82) is 0 Å². The lowest BCUT2D eigenvalue weighted by Gasteiger charge is -1.86. The van der Waals surface area contributed by atoms with Gasteiger partial charge >= 0.3 is 0 Å². The molecule has 0 bridgehead atoms. The first-order valence-corrected chi connectivity index (χ1v) is 3.82. The third kappa shape index (κ3) is 4.55. The number of terminal acetylenes is 1. The zero-order chi connectivity index (χ0) is 7.28. The summed E-state index contributed by atoms with van der Waals surface area (Å²) in [6.07, 6.45) is 5.05. The van der Waals surface area contributed by atoms with Crippen LogP contribution in [0.1, 0.15) is 6.92 Å². The molecular formula is C6H6INS. The molecule has 0 unspecified atom stereocenters. The Labute approximate surface area is 74.2 Å². The number of hydrogen-bond donors (Lipinski definition) is 1. The number of thiol groups is 1. The molecule has 0 radical (unpaired) electrons. The third-order valence-electron chi connectivity index (χ3n) is 0.545. The van der Waals surface area contributed by atoms with Crippen LogP contribution in [0, 0.1) is 12.3 Å². The molecule has 0 aliphatic rings. The van der Waals surface area contributed by atoms with Crippen LogP contribution in [0.4, 0.5) is 0 Å². The quantitative estimate of drug-likeness (QED) is 0.317. The van der Waals surface area contributed by atoms with E-state index in [2.05, 4.69) is 46.1 Å². The molecule has 0 aromatic heterocycles. The molecule has 0 atom stereocenters.